The van der Waals surface area contributed by atoms with Crippen LogP contribution in [0.4, 0.5) is 23.1 Å². The zero-order valence-corrected chi connectivity index (χ0v) is 14.2. The first-order valence-corrected chi connectivity index (χ1v) is 7.54. The molecule has 0 aliphatic carbocycles. The number of nitrogens with zero attached hydrogens (tertiary/aromatic N) is 5. The Balaban J connectivity index is 2.08. The van der Waals surface area contributed by atoms with Gasteiger partial charge < -0.3 is 21.5 Å². The van der Waals surface area contributed by atoms with Crippen molar-refractivity contribution in [2.24, 2.45) is 0 Å². The minimum atomic E-state index is 0.119. The van der Waals surface area contributed by atoms with Crippen LogP contribution in [0, 0.1) is 6.92 Å². The number of methoxy groups -OCH3 is 1. The van der Waals surface area contributed by atoms with Gasteiger partial charge in [-0.1, -0.05) is 11.6 Å². The van der Waals surface area contributed by atoms with Gasteiger partial charge in [0.25, 0.3) is 0 Å². The molecule has 3 rings (SSSR count). The average molecular weight is 359 g/mol. The van der Waals surface area contributed by atoms with Crippen LogP contribution < -0.4 is 21.5 Å². The number of halogens is 1. The molecular formula is C15H15ClN8O. The predicted molar refractivity (Wildman–Crippen MR) is 95.7 cm³/mol. The van der Waals surface area contributed by atoms with E-state index in [2.05, 4.69) is 30.2 Å². The summed E-state index contributed by atoms with van der Waals surface area (Å²) in [5.41, 5.74) is 13.1. The molecule has 25 heavy (non-hydrogen) atoms. The summed E-state index contributed by atoms with van der Waals surface area (Å²) in [4.78, 5) is 20.8. The molecule has 3 heterocycles. The lowest BCUT2D eigenvalue weighted by molar-refractivity contribution is 0.413. The van der Waals surface area contributed by atoms with E-state index in [0.717, 1.165) is 0 Å². The molecule has 0 fully saturated rings. The Hall–Kier alpha value is -3.20. The van der Waals surface area contributed by atoms with Crippen molar-refractivity contribution >= 4 is 34.7 Å². The molecule has 0 bridgehead atoms. The largest absolute Gasteiger partial charge is 0.495 e. The van der Waals surface area contributed by atoms with Crippen LogP contribution in [0.2, 0.25) is 5.15 Å². The quantitative estimate of drug-likeness (QED) is 0.599. The van der Waals surface area contributed by atoms with Crippen molar-refractivity contribution in [1.29, 1.82) is 0 Å². The summed E-state index contributed by atoms with van der Waals surface area (Å²) in [7, 11) is 1.55. The van der Waals surface area contributed by atoms with Crippen LogP contribution in [0.25, 0.3) is 11.4 Å². The minimum absolute atomic E-state index is 0.119. The van der Waals surface area contributed by atoms with Gasteiger partial charge in [0.2, 0.25) is 5.95 Å². The van der Waals surface area contributed by atoms with E-state index in [4.69, 9.17) is 27.8 Å². The van der Waals surface area contributed by atoms with E-state index < -0.39 is 0 Å². The predicted octanol–water partition coefficient (Wildman–Crippen LogP) is 2.21. The van der Waals surface area contributed by atoms with Gasteiger partial charge in [0.1, 0.15) is 17.4 Å². The van der Waals surface area contributed by atoms with Gasteiger partial charge in [0.05, 0.1) is 36.4 Å². The summed E-state index contributed by atoms with van der Waals surface area (Å²) in [5, 5.41) is 3.35. The maximum absolute atomic E-state index is 5.85. The number of ether oxygens (including phenoxy) is 1. The fraction of sp³-hybridized carbons (Fsp3) is 0.133. The summed E-state index contributed by atoms with van der Waals surface area (Å²) in [6.07, 6.45) is 3.11. The molecule has 0 radical (unpaired) electrons. The fourth-order valence-electron chi connectivity index (χ4n) is 2.12. The Bertz CT molecular complexity index is 913. The summed E-state index contributed by atoms with van der Waals surface area (Å²) in [6.45, 7) is 1.73. The molecule has 5 N–H and O–H groups in total. The van der Waals surface area contributed by atoms with E-state index in [1.54, 1.807) is 38.6 Å². The van der Waals surface area contributed by atoms with Gasteiger partial charge in [-0.2, -0.15) is 9.97 Å². The number of hydrogen-bond donors (Lipinski definition) is 3. The number of anilines is 4. The molecule has 0 aliphatic rings. The molecule has 0 unspecified atom stereocenters. The second-order valence-corrected chi connectivity index (χ2v) is 5.42. The summed E-state index contributed by atoms with van der Waals surface area (Å²) in [6, 6.07) is 3.40. The molecule has 0 amide bonds. The van der Waals surface area contributed by atoms with Gasteiger partial charge in [0, 0.05) is 0 Å². The highest BCUT2D eigenvalue weighted by molar-refractivity contribution is 6.31. The third-order valence-corrected chi connectivity index (χ3v) is 3.55. The van der Waals surface area contributed by atoms with Crippen molar-refractivity contribution in [3.05, 3.63) is 35.5 Å². The Morgan fingerprint density at radius 1 is 1.08 bits per heavy atom. The number of nitrogens with two attached hydrogens (primary N) is 2. The monoisotopic (exact) mass is 358 g/mol. The van der Waals surface area contributed by atoms with E-state index in [1.165, 1.54) is 0 Å². The number of aryl methyl sites for hydroxylation is 1. The Morgan fingerprint density at radius 3 is 2.56 bits per heavy atom. The molecule has 0 saturated carbocycles. The molecule has 0 aliphatic heterocycles. The zero-order chi connectivity index (χ0) is 18.0. The lowest BCUT2D eigenvalue weighted by Crippen LogP contribution is -2.05. The number of rotatable bonds is 4. The van der Waals surface area contributed by atoms with Gasteiger partial charge in [-0.3, -0.25) is 0 Å². The lowest BCUT2D eigenvalue weighted by atomic mass is 10.2. The van der Waals surface area contributed by atoms with Crippen LogP contribution in [0.5, 0.6) is 5.75 Å². The third-order valence-electron chi connectivity index (χ3n) is 3.23. The van der Waals surface area contributed by atoms with E-state index >= 15 is 0 Å². The topological polar surface area (TPSA) is 138 Å². The molecule has 0 aromatic carbocycles. The molecule has 0 saturated heterocycles. The van der Waals surface area contributed by atoms with Crippen LogP contribution in [0.15, 0.2) is 24.5 Å². The molecule has 0 spiro atoms. The van der Waals surface area contributed by atoms with Crippen molar-refractivity contribution in [3.8, 4) is 17.1 Å². The van der Waals surface area contributed by atoms with Crippen molar-refractivity contribution in [2.75, 3.05) is 23.9 Å². The zero-order valence-electron chi connectivity index (χ0n) is 13.5. The lowest BCUT2D eigenvalue weighted by Gasteiger charge is -2.12. The maximum atomic E-state index is 5.85. The molecule has 9 nitrogen and oxygen atoms in total. The number of nitrogens with one attached hydrogen (secondary N) is 1. The molecule has 3 aromatic heterocycles. The average Bonchev–Trinajstić information content (AvgIpc) is 2.57. The van der Waals surface area contributed by atoms with Gasteiger partial charge in [-0.05, 0) is 19.1 Å². The standard InChI is InChI=1S/C15H15ClN8O/c1-7-21-14(24-15(18)22-7)10-4-9(25-2)6-20-13(10)23-8-3-11(17)12(16)19-5-8/h3-6H,17H2,1-2H3,(H,20,23)(H2,18,21,22,24). The number of pyridine rings is 2. The first-order valence-electron chi connectivity index (χ1n) is 7.17. The summed E-state index contributed by atoms with van der Waals surface area (Å²) < 4.78 is 5.23. The van der Waals surface area contributed by atoms with Crippen LogP contribution >= 0.6 is 11.6 Å². The maximum Gasteiger partial charge on any atom is 0.223 e. The van der Waals surface area contributed by atoms with Crippen molar-refractivity contribution in [2.45, 2.75) is 6.92 Å². The minimum Gasteiger partial charge on any atom is -0.495 e. The Morgan fingerprint density at radius 2 is 1.88 bits per heavy atom. The first-order chi connectivity index (χ1) is 12.0. The van der Waals surface area contributed by atoms with Crippen molar-refractivity contribution < 1.29 is 4.74 Å². The third kappa shape index (κ3) is 3.66. The molecule has 10 heteroatoms. The van der Waals surface area contributed by atoms with Crippen LogP contribution in [0.3, 0.4) is 0 Å². The number of nitrogen functional groups attached to an aromatic ring is 2. The second-order valence-electron chi connectivity index (χ2n) is 5.06. The molecule has 3 aromatic rings. The highest BCUT2D eigenvalue weighted by Gasteiger charge is 2.14. The van der Waals surface area contributed by atoms with Crippen LogP contribution in [-0.4, -0.2) is 32.0 Å². The highest BCUT2D eigenvalue weighted by Crippen LogP contribution is 2.30. The second kappa shape index (κ2) is 6.73. The van der Waals surface area contributed by atoms with Gasteiger partial charge in [-0.25, -0.2) is 15.0 Å². The SMILES string of the molecule is COc1cnc(Nc2cnc(Cl)c(N)c2)c(-c2nc(C)nc(N)n2)c1. The molecule has 128 valence electrons. The van der Waals surface area contributed by atoms with E-state index in [1.807, 2.05) is 0 Å². The van der Waals surface area contributed by atoms with Crippen molar-refractivity contribution in [1.82, 2.24) is 24.9 Å². The van der Waals surface area contributed by atoms with E-state index in [0.29, 0.717) is 40.2 Å². The number of hydrogen-bond acceptors (Lipinski definition) is 9. The smallest absolute Gasteiger partial charge is 0.223 e. The van der Waals surface area contributed by atoms with Crippen LogP contribution in [-0.2, 0) is 0 Å². The summed E-state index contributed by atoms with van der Waals surface area (Å²) in [5.74, 6) is 2.01. The fourth-order valence-corrected chi connectivity index (χ4v) is 2.22. The van der Waals surface area contributed by atoms with E-state index in [-0.39, 0.29) is 11.1 Å². The van der Waals surface area contributed by atoms with Crippen LogP contribution in [0.1, 0.15) is 5.82 Å². The van der Waals surface area contributed by atoms with Gasteiger partial charge in [0.15, 0.2) is 11.0 Å². The van der Waals surface area contributed by atoms with Gasteiger partial charge in [-0.15, -0.1) is 0 Å². The van der Waals surface area contributed by atoms with Crippen molar-refractivity contribution in [3.63, 3.8) is 0 Å². The molecule has 0 atom stereocenters. The Labute approximate surface area is 148 Å². The highest BCUT2D eigenvalue weighted by atomic mass is 35.5. The Kier molecular flexibility index (Phi) is 4.48. The van der Waals surface area contributed by atoms with Gasteiger partial charge >= 0.3 is 0 Å². The van der Waals surface area contributed by atoms with E-state index in [9.17, 15) is 0 Å². The summed E-state index contributed by atoms with van der Waals surface area (Å²) >= 11 is 5.85. The normalized spacial score (nSPS) is 10.5. The number of aromatic nitrogens is 5. The first kappa shape index (κ1) is 16.7. The molecular weight excluding hydrogens is 344 g/mol.